The maximum absolute atomic E-state index is 10.3. The Morgan fingerprint density at radius 2 is 1.57 bits per heavy atom. The van der Waals surface area contributed by atoms with Gasteiger partial charge in [-0.05, 0) is 54.3 Å². The van der Waals surface area contributed by atoms with Crippen LogP contribution in [0.25, 0.3) is 29.2 Å². The lowest BCUT2D eigenvalue weighted by Gasteiger charge is -2.06. The Morgan fingerprint density at radius 3 is 2.29 bits per heavy atom. The van der Waals surface area contributed by atoms with Gasteiger partial charge in [0.15, 0.2) is 11.6 Å². The molecule has 0 amide bonds. The van der Waals surface area contributed by atoms with E-state index in [2.05, 4.69) is 40.6 Å². The van der Waals surface area contributed by atoms with Crippen LogP contribution in [0, 0.1) is 0 Å². The average molecular weight is 385 g/mol. The van der Waals surface area contributed by atoms with Crippen molar-refractivity contribution in [1.82, 2.24) is 14.8 Å². The fourth-order valence-corrected chi connectivity index (χ4v) is 3.28. The summed E-state index contributed by atoms with van der Waals surface area (Å²) in [5, 5.41) is 15.0. The summed E-state index contributed by atoms with van der Waals surface area (Å²) in [6, 6.07) is 25.3. The van der Waals surface area contributed by atoms with Gasteiger partial charge in [-0.1, -0.05) is 48.5 Å². The SMILES string of the molecule is CSc1ccc(C=Cc2nc(-c3ccccc3O)n(-c3ccccc3)n2)cc1. The highest BCUT2D eigenvalue weighted by molar-refractivity contribution is 7.98. The lowest BCUT2D eigenvalue weighted by atomic mass is 10.2. The molecule has 4 aromatic rings. The standard InChI is InChI=1S/C23H19N3OS/c1-28-19-14-11-17(12-15-19)13-16-22-24-23(20-9-5-6-10-21(20)27)26(25-22)18-7-3-2-4-8-18/h2-16,27H,1H3. The smallest absolute Gasteiger partial charge is 0.175 e. The number of thioether (sulfide) groups is 1. The Balaban J connectivity index is 1.75. The molecule has 1 aromatic heterocycles. The number of phenols is 1. The topological polar surface area (TPSA) is 50.9 Å². The quantitative estimate of drug-likeness (QED) is 0.459. The predicted molar refractivity (Wildman–Crippen MR) is 116 cm³/mol. The lowest BCUT2D eigenvalue weighted by Crippen LogP contribution is -1.99. The molecule has 0 aliphatic heterocycles. The second kappa shape index (κ2) is 8.15. The van der Waals surface area contributed by atoms with E-state index in [4.69, 9.17) is 0 Å². The van der Waals surface area contributed by atoms with Crippen molar-refractivity contribution in [3.8, 4) is 22.8 Å². The van der Waals surface area contributed by atoms with Gasteiger partial charge in [0.2, 0.25) is 0 Å². The van der Waals surface area contributed by atoms with Crippen LogP contribution in [0.3, 0.4) is 0 Å². The van der Waals surface area contributed by atoms with Crippen LogP contribution in [0.5, 0.6) is 5.75 Å². The molecule has 0 saturated heterocycles. The first kappa shape index (κ1) is 18.1. The first-order valence-corrected chi connectivity index (χ1v) is 10.1. The fraction of sp³-hybridized carbons (Fsp3) is 0.0435. The first-order chi connectivity index (χ1) is 13.7. The number of rotatable bonds is 5. The number of para-hydroxylation sites is 2. The molecule has 3 aromatic carbocycles. The Labute approximate surface area is 168 Å². The van der Waals surface area contributed by atoms with Crippen molar-refractivity contribution in [2.75, 3.05) is 6.26 Å². The average Bonchev–Trinajstić information content (AvgIpc) is 3.18. The number of hydrogen-bond acceptors (Lipinski definition) is 4. The highest BCUT2D eigenvalue weighted by Crippen LogP contribution is 2.29. The Bertz CT molecular complexity index is 1100. The van der Waals surface area contributed by atoms with E-state index in [1.54, 1.807) is 28.6 Å². The van der Waals surface area contributed by atoms with Crippen LogP contribution in [-0.4, -0.2) is 26.1 Å². The van der Waals surface area contributed by atoms with Crippen molar-refractivity contribution >= 4 is 23.9 Å². The van der Waals surface area contributed by atoms with Crippen LogP contribution < -0.4 is 0 Å². The van der Waals surface area contributed by atoms with Crippen LogP contribution in [0.2, 0.25) is 0 Å². The maximum atomic E-state index is 10.3. The number of aromatic nitrogens is 3. The Morgan fingerprint density at radius 1 is 0.857 bits per heavy atom. The third kappa shape index (κ3) is 3.85. The van der Waals surface area contributed by atoms with E-state index in [-0.39, 0.29) is 5.75 Å². The molecule has 5 heteroatoms. The first-order valence-electron chi connectivity index (χ1n) is 8.87. The van der Waals surface area contributed by atoms with Crippen LogP contribution >= 0.6 is 11.8 Å². The zero-order chi connectivity index (χ0) is 19.3. The molecule has 28 heavy (non-hydrogen) atoms. The van der Waals surface area contributed by atoms with Crippen molar-refractivity contribution in [3.63, 3.8) is 0 Å². The van der Waals surface area contributed by atoms with Gasteiger partial charge in [0, 0.05) is 4.90 Å². The summed E-state index contributed by atoms with van der Waals surface area (Å²) < 4.78 is 1.76. The third-order valence-electron chi connectivity index (χ3n) is 4.31. The highest BCUT2D eigenvalue weighted by Gasteiger charge is 2.15. The van der Waals surface area contributed by atoms with Crippen molar-refractivity contribution in [2.24, 2.45) is 0 Å². The molecule has 4 rings (SSSR count). The number of hydrogen-bond donors (Lipinski definition) is 1. The van der Waals surface area contributed by atoms with Gasteiger partial charge in [-0.2, -0.15) is 0 Å². The maximum Gasteiger partial charge on any atom is 0.175 e. The molecule has 0 radical (unpaired) electrons. The van der Waals surface area contributed by atoms with Crippen molar-refractivity contribution < 1.29 is 5.11 Å². The van der Waals surface area contributed by atoms with Crippen LogP contribution in [0.15, 0.2) is 83.8 Å². The van der Waals surface area contributed by atoms with Gasteiger partial charge in [-0.15, -0.1) is 16.9 Å². The normalized spacial score (nSPS) is 11.2. The molecule has 0 bridgehead atoms. The summed E-state index contributed by atoms with van der Waals surface area (Å²) in [4.78, 5) is 5.89. The molecule has 1 N–H and O–H groups in total. The number of benzene rings is 3. The molecule has 4 nitrogen and oxygen atoms in total. The van der Waals surface area contributed by atoms with Gasteiger partial charge in [0.05, 0.1) is 11.3 Å². The number of nitrogens with zero attached hydrogens (tertiary/aromatic N) is 3. The molecule has 0 aliphatic rings. The Hall–Kier alpha value is -3.31. The molecular weight excluding hydrogens is 366 g/mol. The molecule has 0 aliphatic carbocycles. The second-order valence-corrected chi connectivity index (χ2v) is 7.04. The number of aromatic hydroxyl groups is 1. The minimum absolute atomic E-state index is 0.176. The summed E-state index contributed by atoms with van der Waals surface area (Å²) in [5.41, 5.74) is 2.61. The molecule has 0 unspecified atom stereocenters. The van der Waals surface area contributed by atoms with Gasteiger partial charge >= 0.3 is 0 Å². The summed E-state index contributed by atoms with van der Waals surface area (Å²) in [7, 11) is 0. The van der Waals surface area contributed by atoms with E-state index in [0.29, 0.717) is 17.2 Å². The van der Waals surface area contributed by atoms with Crippen LogP contribution in [-0.2, 0) is 0 Å². The van der Waals surface area contributed by atoms with E-state index in [0.717, 1.165) is 11.3 Å². The molecule has 0 atom stereocenters. The third-order valence-corrected chi connectivity index (χ3v) is 5.05. The molecule has 0 spiro atoms. The Kier molecular flexibility index (Phi) is 5.26. The van der Waals surface area contributed by atoms with E-state index >= 15 is 0 Å². The molecular formula is C23H19N3OS. The minimum Gasteiger partial charge on any atom is -0.507 e. The fourth-order valence-electron chi connectivity index (χ4n) is 2.87. The zero-order valence-electron chi connectivity index (χ0n) is 15.4. The van der Waals surface area contributed by atoms with Crippen LogP contribution in [0.4, 0.5) is 0 Å². The summed E-state index contributed by atoms with van der Waals surface area (Å²) >= 11 is 1.72. The largest absolute Gasteiger partial charge is 0.507 e. The van der Waals surface area contributed by atoms with Crippen LogP contribution in [0.1, 0.15) is 11.4 Å². The van der Waals surface area contributed by atoms with Crippen molar-refractivity contribution in [3.05, 3.63) is 90.3 Å². The van der Waals surface area contributed by atoms with Gasteiger partial charge in [-0.25, -0.2) is 9.67 Å². The van der Waals surface area contributed by atoms with E-state index < -0.39 is 0 Å². The van der Waals surface area contributed by atoms with Gasteiger partial charge < -0.3 is 5.11 Å². The summed E-state index contributed by atoms with van der Waals surface area (Å²) in [5.74, 6) is 1.35. The van der Waals surface area contributed by atoms with Crippen molar-refractivity contribution in [1.29, 1.82) is 0 Å². The highest BCUT2D eigenvalue weighted by atomic mass is 32.2. The van der Waals surface area contributed by atoms with Crippen molar-refractivity contribution in [2.45, 2.75) is 4.90 Å². The number of phenolic OH excluding ortho intramolecular Hbond substituents is 1. The second-order valence-electron chi connectivity index (χ2n) is 6.16. The van der Waals surface area contributed by atoms with E-state index in [9.17, 15) is 5.11 Å². The van der Waals surface area contributed by atoms with E-state index in [1.165, 1.54) is 4.90 Å². The van der Waals surface area contributed by atoms with Gasteiger partial charge in [-0.3, -0.25) is 0 Å². The van der Waals surface area contributed by atoms with Gasteiger partial charge in [0.1, 0.15) is 5.75 Å². The minimum atomic E-state index is 0.176. The monoisotopic (exact) mass is 385 g/mol. The summed E-state index contributed by atoms with van der Waals surface area (Å²) in [6.45, 7) is 0. The predicted octanol–water partition coefficient (Wildman–Crippen LogP) is 5.53. The molecule has 138 valence electrons. The molecule has 0 saturated carbocycles. The van der Waals surface area contributed by atoms with E-state index in [1.807, 2.05) is 54.6 Å². The zero-order valence-corrected chi connectivity index (χ0v) is 16.2. The lowest BCUT2D eigenvalue weighted by molar-refractivity contribution is 0.476. The van der Waals surface area contributed by atoms with Gasteiger partial charge in [0.25, 0.3) is 0 Å². The molecule has 1 heterocycles. The summed E-state index contributed by atoms with van der Waals surface area (Å²) in [6.07, 6.45) is 5.94. The molecule has 0 fully saturated rings.